The number of pyridine rings is 1. The van der Waals surface area contributed by atoms with Gasteiger partial charge < -0.3 is 0 Å². The maximum Gasteiger partial charge on any atom is 0.0372 e. The fourth-order valence-electron chi connectivity index (χ4n) is 0.448. The molecule has 0 bridgehead atoms. The van der Waals surface area contributed by atoms with Crippen molar-refractivity contribution in [3.63, 3.8) is 0 Å². The van der Waals surface area contributed by atoms with Gasteiger partial charge in [-0.05, 0) is 25.2 Å². The first kappa shape index (κ1) is 13.6. The normalized spacial score (nSPS) is 7.18. The molecule has 0 aliphatic carbocycles. The lowest BCUT2D eigenvalue weighted by Gasteiger charge is -1.82. The van der Waals surface area contributed by atoms with Gasteiger partial charge in [-0.1, -0.05) is 13.0 Å². The van der Waals surface area contributed by atoms with Crippen LogP contribution in [-0.2, 0) is 0 Å². The van der Waals surface area contributed by atoms with E-state index in [1.165, 1.54) is 6.16 Å². The van der Waals surface area contributed by atoms with E-state index in [1.54, 1.807) is 6.20 Å². The molecule has 1 unspecified atom stereocenters. The standard InChI is InChI=1S/C6H7N.C2H7P.BrH/c1-6-4-2-3-5-7-6;1-2-3;/h2-5H,1H3;2-3H2,1H3;1H. The summed E-state index contributed by atoms with van der Waals surface area (Å²) in [5.74, 6) is 0. The van der Waals surface area contributed by atoms with Crippen molar-refractivity contribution in [2.24, 2.45) is 0 Å². The van der Waals surface area contributed by atoms with Gasteiger partial charge in [0.1, 0.15) is 0 Å². The number of aromatic nitrogens is 1. The summed E-state index contributed by atoms with van der Waals surface area (Å²) in [6, 6.07) is 5.86. The van der Waals surface area contributed by atoms with E-state index in [4.69, 9.17) is 0 Å². The molecule has 0 aromatic carbocycles. The molecule has 0 aliphatic heterocycles. The van der Waals surface area contributed by atoms with Crippen molar-refractivity contribution in [1.29, 1.82) is 0 Å². The molecule has 64 valence electrons. The lowest BCUT2D eigenvalue weighted by Crippen LogP contribution is -1.72. The van der Waals surface area contributed by atoms with Crippen LogP contribution in [0.3, 0.4) is 0 Å². The molecular formula is C8H15BrNP. The van der Waals surface area contributed by atoms with Gasteiger partial charge in [0.2, 0.25) is 0 Å². The largest absolute Gasteiger partial charge is 0.262 e. The van der Waals surface area contributed by atoms with Crippen LogP contribution in [-0.4, -0.2) is 11.1 Å². The molecular weight excluding hydrogens is 221 g/mol. The Balaban J connectivity index is 0. The highest BCUT2D eigenvalue weighted by molar-refractivity contribution is 8.93. The van der Waals surface area contributed by atoms with Gasteiger partial charge in [0.25, 0.3) is 0 Å². The Labute approximate surface area is 81.6 Å². The first-order chi connectivity index (χ1) is 4.81. The SMILES string of the molecule is Br.CCP.Cc1ccccn1. The van der Waals surface area contributed by atoms with Crippen LogP contribution in [0.1, 0.15) is 12.6 Å². The molecule has 1 atom stereocenters. The van der Waals surface area contributed by atoms with E-state index in [0.29, 0.717) is 0 Å². The van der Waals surface area contributed by atoms with Crippen molar-refractivity contribution < 1.29 is 0 Å². The second-order valence-electron chi connectivity index (χ2n) is 1.88. The summed E-state index contributed by atoms with van der Waals surface area (Å²) in [4.78, 5) is 3.98. The highest BCUT2D eigenvalue weighted by Gasteiger charge is 1.73. The van der Waals surface area contributed by atoms with Crippen LogP contribution in [0.2, 0.25) is 0 Å². The highest BCUT2D eigenvalue weighted by Crippen LogP contribution is 1.85. The van der Waals surface area contributed by atoms with Crippen LogP contribution >= 0.6 is 26.2 Å². The molecule has 0 saturated carbocycles. The fraction of sp³-hybridized carbons (Fsp3) is 0.375. The van der Waals surface area contributed by atoms with Gasteiger partial charge in [-0.3, -0.25) is 4.98 Å². The summed E-state index contributed by atoms with van der Waals surface area (Å²) in [5, 5.41) is 0. The topological polar surface area (TPSA) is 12.9 Å². The molecule has 0 spiro atoms. The zero-order chi connectivity index (χ0) is 7.82. The molecule has 3 heteroatoms. The van der Waals surface area contributed by atoms with Gasteiger partial charge in [0, 0.05) is 11.9 Å². The number of rotatable bonds is 0. The molecule has 1 aromatic heterocycles. The van der Waals surface area contributed by atoms with Crippen molar-refractivity contribution in [3.8, 4) is 0 Å². The lowest BCUT2D eigenvalue weighted by molar-refractivity contribution is 1.20. The molecule has 1 aromatic rings. The highest BCUT2D eigenvalue weighted by atomic mass is 79.9. The van der Waals surface area contributed by atoms with Gasteiger partial charge in [-0.2, -0.15) is 0 Å². The predicted octanol–water partition coefficient (Wildman–Crippen LogP) is 2.85. The molecule has 0 N–H and O–H groups in total. The van der Waals surface area contributed by atoms with Crippen LogP contribution in [0.15, 0.2) is 24.4 Å². The first-order valence-electron chi connectivity index (χ1n) is 3.39. The predicted molar refractivity (Wildman–Crippen MR) is 59.5 cm³/mol. The smallest absolute Gasteiger partial charge is 0.0372 e. The van der Waals surface area contributed by atoms with E-state index in [-0.39, 0.29) is 17.0 Å². The van der Waals surface area contributed by atoms with E-state index >= 15 is 0 Å². The van der Waals surface area contributed by atoms with Gasteiger partial charge in [0.15, 0.2) is 0 Å². The molecule has 0 saturated heterocycles. The third-order valence-corrected chi connectivity index (χ3v) is 0.813. The van der Waals surface area contributed by atoms with Crippen LogP contribution in [0, 0.1) is 6.92 Å². The Kier molecular flexibility index (Phi) is 12.5. The second kappa shape index (κ2) is 10.1. The van der Waals surface area contributed by atoms with E-state index in [0.717, 1.165) is 5.69 Å². The molecule has 0 aliphatic rings. The van der Waals surface area contributed by atoms with E-state index in [1.807, 2.05) is 25.1 Å². The van der Waals surface area contributed by atoms with Crippen LogP contribution < -0.4 is 0 Å². The Bertz CT molecular complexity index is 155. The van der Waals surface area contributed by atoms with Crippen LogP contribution in [0.25, 0.3) is 0 Å². The summed E-state index contributed by atoms with van der Waals surface area (Å²) >= 11 is 0. The summed E-state index contributed by atoms with van der Waals surface area (Å²) in [6.07, 6.45) is 2.95. The van der Waals surface area contributed by atoms with E-state index in [9.17, 15) is 0 Å². The quantitative estimate of drug-likeness (QED) is 0.631. The average Bonchev–Trinajstić information content (AvgIpc) is 1.91. The maximum atomic E-state index is 3.98. The third kappa shape index (κ3) is 10.1. The maximum absolute atomic E-state index is 3.98. The Morgan fingerprint density at radius 2 is 2.00 bits per heavy atom. The summed E-state index contributed by atoms with van der Waals surface area (Å²) in [6.45, 7) is 4.06. The third-order valence-electron chi connectivity index (χ3n) is 0.813. The fourth-order valence-corrected chi connectivity index (χ4v) is 0.448. The summed E-state index contributed by atoms with van der Waals surface area (Å²) in [7, 11) is 2.58. The summed E-state index contributed by atoms with van der Waals surface area (Å²) < 4.78 is 0. The zero-order valence-electron chi connectivity index (χ0n) is 6.95. The van der Waals surface area contributed by atoms with Crippen LogP contribution in [0.4, 0.5) is 0 Å². The minimum atomic E-state index is 0. The molecule has 0 radical (unpaired) electrons. The minimum absolute atomic E-state index is 0. The monoisotopic (exact) mass is 235 g/mol. The van der Waals surface area contributed by atoms with Crippen molar-refractivity contribution in [1.82, 2.24) is 4.98 Å². The van der Waals surface area contributed by atoms with Gasteiger partial charge >= 0.3 is 0 Å². The molecule has 0 fully saturated rings. The number of hydrogen-bond donors (Lipinski definition) is 0. The molecule has 1 heterocycles. The van der Waals surface area contributed by atoms with Gasteiger partial charge in [-0.15, -0.1) is 26.2 Å². The Hall–Kier alpha value is 0.0600. The number of halogens is 1. The summed E-state index contributed by atoms with van der Waals surface area (Å²) in [5.41, 5.74) is 1.07. The van der Waals surface area contributed by atoms with Crippen LogP contribution in [0.5, 0.6) is 0 Å². The van der Waals surface area contributed by atoms with Crippen molar-refractivity contribution in [2.75, 3.05) is 6.16 Å². The zero-order valence-corrected chi connectivity index (χ0v) is 9.82. The second-order valence-corrected chi connectivity index (χ2v) is 2.70. The first-order valence-corrected chi connectivity index (χ1v) is 4.20. The minimum Gasteiger partial charge on any atom is -0.262 e. The molecule has 11 heavy (non-hydrogen) atoms. The van der Waals surface area contributed by atoms with Gasteiger partial charge in [-0.25, -0.2) is 0 Å². The molecule has 0 amide bonds. The Morgan fingerprint density at radius 3 is 2.18 bits per heavy atom. The van der Waals surface area contributed by atoms with Gasteiger partial charge in [0.05, 0.1) is 0 Å². The number of aryl methyl sites for hydroxylation is 1. The average molecular weight is 236 g/mol. The van der Waals surface area contributed by atoms with Crippen molar-refractivity contribution in [3.05, 3.63) is 30.1 Å². The number of nitrogens with zero attached hydrogens (tertiary/aromatic N) is 1. The molecule has 1 rings (SSSR count). The van der Waals surface area contributed by atoms with Crippen molar-refractivity contribution in [2.45, 2.75) is 13.8 Å². The number of hydrogen-bond acceptors (Lipinski definition) is 1. The Morgan fingerprint density at radius 1 is 1.45 bits per heavy atom. The lowest BCUT2D eigenvalue weighted by atomic mass is 10.4. The van der Waals surface area contributed by atoms with E-state index in [2.05, 4.69) is 21.1 Å². The van der Waals surface area contributed by atoms with Crippen molar-refractivity contribution >= 4 is 26.2 Å². The van der Waals surface area contributed by atoms with E-state index < -0.39 is 0 Å². The molecule has 1 nitrogen and oxygen atoms in total.